The highest BCUT2D eigenvalue weighted by Gasteiger charge is 2.13. The second kappa shape index (κ2) is 6.53. The normalized spacial score (nSPS) is 10.8. The summed E-state index contributed by atoms with van der Waals surface area (Å²) < 4.78 is 44.1. The zero-order valence-electron chi connectivity index (χ0n) is 9.23. The topological polar surface area (TPSA) is 9.23 Å². The van der Waals surface area contributed by atoms with E-state index in [1.807, 2.05) is 6.92 Å². The number of rotatable bonds is 6. The highest BCUT2D eigenvalue weighted by molar-refractivity contribution is 5.20. The lowest BCUT2D eigenvalue weighted by atomic mass is 10.2. The molecular weight excluding hydrogens is 217 g/mol. The van der Waals surface area contributed by atoms with Crippen LogP contribution in [0.5, 0.6) is 0 Å². The van der Waals surface area contributed by atoms with E-state index in [4.69, 9.17) is 4.74 Å². The Morgan fingerprint density at radius 2 is 1.75 bits per heavy atom. The van der Waals surface area contributed by atoms with Crippen molar-refractivity contribution in [3.05, 3.63) is 35.1 Å². The molecule has 1 nitrogen and oxygen atoms in total. The Bertz CT molecular complexity index is 339. The number of halogens is 3. The average Bonchev–Trinajstić information content (AvgIpc) is 2.28. The van der Waals surface area contributed by atoms with Crippen molar-refractivity contribution in [3.8, 4) is 0 Å². The maximum atomic E-state index is 13.1. The lowest BCUT2D eigenvalue weighted by molar-refractivity contribution is 0.111. The standard InChI is InChI=1S/C12H15F3O/c1-2-3-4-7-16-8-9-10(13)5-6-11(14)12(9)15/h5-6H,2-4,7-8H2,1H3. The first-order valence-electron chi connectivity index (χ1n) is 5.37. The summed E-state index contributed by atoms with van der Waals surface area (Å²) in [5.41, 5.74) is -0.337. The molecule has 0 aliphatic heterocycles. The van der Waals surface area contributed by atoms with Crippen molar-refractivity contribution in [2.75, 3.05) is 6.61 Å². The van der Waals surface area contributed by atoms with Crippen LogP contribution < -0.4 is 0 Å². The van der Waals surface area contributed by atoms with Gasteiger partial charge in [-0.1, -0.05) is 19.8 Å². The van der Waals surface area contributed by atoms with E-state index in [0.717, 1.165) is 31.4 Å². The fraction of sp³-hybridized carbons (Fsp3) is 0.500. The minimum atomic E-state index is -1.16. The SMILES string of the molecule is CCCCCOCc1c(F)ccc(F)c1F. The van der Waals surface area contributed by atoms with E-state index in [-0.39, 0.29) is 12.2 Å². The molecule has 0 N–H and O–H groups in total. The van der Waals surface area contributed by atoms with Gasteiger partial charge in [-0.25, -0.2) is 13.2 Å². The molecule has 90 valence electrons. The molecule has 0 radical (unpaired) electrons. The number of ether oxygens (including phenoxy) is 1. The van der Waals surface area contributed by atoms with Gasteiger partial charge in [0.05, 0.1) is 12.2 Å². The van der Waals surface area contributed by atoms with Crippen molar-refractivity contribution in [1.29, 1.82) is 0 Å². The number of hydrogen-bond donors (Lipinski definition) is 0. The summed E-state index contributed by atoms with van der Waals surface area (Å²) in [5.74, 6) is -2.97. The Labute approximate surface area is 93.2 Å². The summed E-state index contributed by atoms with van der Waals surface area (Å²) in [5, 5.41) is 0. The van der Waals surface area contributed by atoms with Gasteiger partial charge in [0.1, 0.15) is 5.82 Å². The largest absolute Gasteiger partial charge is 0.377 e. The van der Waals surface area contributed by atoms with Crippen LogP contribution in [0.3, 0.4) is 0 Å². The summed E-state index contributed by atoms with van der Waals surface area (Å²) in [4.78, 5) is 0. The molecule has 1 aromatic rings. The van der Waals surface area contributed by atoms with Gasteiger partial charge in [0.2, 0.25) is 0 Å². The van der Waals surface area contributed by atoms with Crippen LogP contribution in [0.1, 0.15) is 31.7 Å². The number of benzene rings is 1. The van der Waals surface area contributed by atoms with Gasteiger partial charge in [0, 0.05) is 6.61 Å². The summed E-state index contributed by atoms with van der Waals surface area (Å²) in [6, 6.07) is 1.67. The lowest BCUT2D eigenvalue weighted by Gasteiger charge is -2.06. The zero-order chi connectivity index (χ0) is 12.0. The third kappa shape index (κ3) is 3.52. The van der Waals surface area contributed by atoms with Crippen molar-refractivity contribution < 1.29 is 17.9 Å². The molecule has 0 atom stereocenters. The molecule has 0 fully saturated rings. The average molecular weight is 232 g/mol. The Morgan fingerprint density at radius 3 is 2.44 bits per heavy atom. The predicted octanol–water partition coefficient (Wildman–Crippen LogP) is 3.81. The highest BCUT2D eigenvalue weighted by Crippen LogP contribution is 2.16. The fourth-order valence-electron chi connectivity index (χ4n) is 1.33. The molecule has 0 bridgehead atoms. The van der Waals surface area contributed by atoms with Crippen LogP contribution in [-0.2, 0) is 11.3 Å². The third-order valence-electron chi connectivity index (χ3n) is 2.28. The van der Waals surface area contributed by atoms with E-state index < -0.39 is 17.5 Å². The van der Waals surface area contributed by atoms with E-state index in [1.54, 1.807) is 0 Å². The summed E-state index contributed by atoms with van der Waals surface area (Å²) >= 11 is 0. The van der Waals surface area contributed by atoms with Crippen molar-refractivity contribution in [3.63, 3.8) is 0 Å². The van der Waals surface area contributed by atoms with Crippen LogP contribution >= 0.6 is 0 Å². The van der Waals surface area contributed by atoms with E-state index in [1.165, 1.54) is 0 Å². The summed E-state index contributed by atoms with van der Waals surface area (Å²) in [6.45, 7) is 2.26. The van der Waals surface area contributed by atoms with Crippen LogP contribution in [0.25, 0.3) is 0 Å². The molecule has 0 saturated carbocycles. The molecular formula is C12H15F3O. The molecule has 0 aliphatic rings. The predicted molar refractivity (Wildman–Crippen MR) is 55.5 cm³/mol. The van der Waals surface area contributed by atoms with E-state index >= 15 is 0 Å². The molecule has 0 aliphatic carbocycles. The zero-order valence-corrected chi connectivity index (χ0v) is 9.23. The van der Waals surface area contributed by atoms with Crippen LogP contribution in [0.15, 0.2) is 12.1 Å². The Balaban J connectivity index is 2.50. The smallest absolute Gasteiger partial charge is 0.167 e. The highest BCUT2D eigenvalue weighted by atomic mass is 19.2. The van der Waals surface area contributed by atoms with Crippen LogP contribution in [-0.4, -0.2) is 6.61 Å². The van der Waals surface area contributed by atoms with Gasteiger partial charge >= 0.3 is 0 Å². The maximum absolute atomic E-state index is 13.1. The minimum Gasteiger partial charge on any atom is -0.377 e. The first-order valence-corrected chi connectivity index (χ1v) is 5.37. The van der Waals surface area contributed by atoms with E-state index in [0.29, 0.717) is 6.61 Å². The third-order valence-corrected chi connectivity index (χ3v) is 2.28. The monoisotopic (exact) mass is 232 g/mol. The maximum Gasteiger partial charge on any atom is 0.167 e. The number of hydrogen-bond acceptors (Lipinski definition) is 1. The van der Waals surface area contributed by atoms with Gasteiger partial charge in [0.15, 0.2) is 11.6 Å². The molecule has 4 heteroatoms. The molecule has 0 unspecified atom stereocenters. The van der Waals surface area contributed by atoms with Crippen LogP contribution in [0, 0.1) is 17.5 Å². The van der Waals surface area contributed by atoms with Crippen molar-refractivity contribution in [2.45, 2.75) is 32.8 Å². The lowest BCUT2D eigenvalue weighted by Crippen LogP contribution is -2.03. The molecule has 0 aromatic heterocycles. The quantitative estimate of drug-likeness (QED) is 0.535. The van der Waals surface area contributed by atoms with Crippen molar-refractivity contribution >= 4 is 0 Å². The van der Waals surface area contributed by atoms with E-state index in [9.17, 15) is 13.2 Å². The van der Waals surface area contributed by atoms with Crippen LogP contribution in [0.2, 0.25) is 0 Å². The second-order valence-electron chi connectivity index (χ2n) is 3.58. The Hall–Kier alpha value is -1.03. The van der Waals surface area contributed by atoms with Gasteiger partial charge in [-0.15, -0.1) is 0 Å². The molecule has 1 rings (SSSR count). The Kier molecular flexibility index (Phi) is 5.32. The second-order valence-corrected chi connectivity index (χ2v) is 3.58. The summed E-state index contributed by atoms with van der Waals surface area (Å²) in [7, 11) is 0. The van der Waals surface area contributed by atoms with Gasteiger partial charge in [-0.3, -0.25) is 0 Å². The van der Waals surface area contributed by atoms with Crippen molar-refractivity contribution in [2.24, 2.45) is 0 Å². The van der Waals surface area contributed by atoms with Crippen molar-refractivity contribution in [1.82, 2.24) is 0 Å². The molecule has 0 heterocycles. The van der Waals surface area contributed by atoms with E-state index in [2.05, 4.69) is 0 Å². The first kappa shape index (κ1) is 13.0. The van der Waals surface area contributed by atoms with Crippen LogP contribution in [0.4, 0.5) is 13.2 Å². The fourth-order valence-corrected chi connectivity index (χ4v) is 1.33. The molecule has 0 spiro atoms. The van der Waals surface area contributed by atoms with Gasteiger partial charge in [-0.2, -0.15) is 0 Å². The molecule has 16 heavy (non-hydrogen) atoms. The minimum absolute atomic E-state index is 0.223. The molecule has 1 aromatic carbocycles. The van der Waals surface area contributed by atoms with Gasteiger partial charge in [0.25, 0.3) is 0 Å². The van der Waals surface area contributed by atoms with Gasteiger partial charge < -0.3 is 4.74 Å². The molecule has 0 amide bonds. The summed E-state index contributed by atoms with van der Waals surface area (Å²) in [6.07, 6.45) is 2.90. The Morgan fingerprint density at radius 1 is 1.06 bits per heavy atom. The van der Waals surface area contributed by atoms with Gasteiger partial charge in [-0.05, 0) is 18.6 Å². The molecule has 0 saturated heterocycles. The first-order chi connectivity index (χ1) is 7.66. The number of unbranched alkanes of at least 4 members (excludes halogenated alkanes) is 2.